The van der Waals surface area contributed by atoms with Crippen LogP contribution < -0.4 is 4.90 Å². The summed E-state index contributed by atoms with van der Waals surface area (Å²) in [5.74, 6) is 12.1. The molecule has 1 unspecified atom stereocenters. The SMILES string of the molecule is CCOC(=O)N(c1ccc(C)cc1)C(O)CCCC#CC#CCn1c2ccccc2c2ccccc21. The van der Waals surface area contributed by atoms with Gasteiger partial charge in [-0.05, 0) is 62.8 Å². The van der Waals surface area contributed by atoms with E-state index in [9.17, 15) is 9.90 Å². The largest absolute Gasteiger partial charge is 0.449 e. The van der Waals surface area contributed by atoms with Gasteiger partial charge in [0, 0.05) is 33.9 Å². The maximum absolute atomic E-state index is 12.4. The molecule has 3 aromatic carbocycles. The Bertz CT molecular complexity index is 1410. The van der Waals surface area contributed by atoms with Gasteiger partial charge < -0.3 is 14.4 Å². The van der Waals surface area contributed by atoms with E-state index in [4.69, 9.17) is 4.74 Å². The van der Waals surface area contributed by atoms with Crippen LogP contribution in [-0.4, -0.2) is 28.6 Å². The predicted octanol–water partition coefficient (Wildman–Crippen LogP) is 6.26. The Hall–Kier alpha value is -4.19. The Kier molecular flexibility index (Phi) is 8.29. The van der Waals surface area contributed by atoms with E-state index in [2.05, 4.69) is 64.6 Å². The van der Waals surface area contributed by atoms with Gasteiger partial charge >= 0.3 is 6.09 Å². The zero-order chi connectivity index (χ0) is 25.3. The van der Waals surface area contributed by atoms with E-state index in [-0.39, 0.29) is 6.61 Å². The standard InChI is InChI=1S/C31H30N2O3/c1-3-36-31(35)33(25-21-19-24(2)20-22-25)30(34)18-8-6-4-5-7-13-23-32-28-16-11-9-14-26(28)27-15-10-12-17-29(27)32/h9-12,14-17,19-22,30,34H,3,6,8,18,23H2,1-2H3. The smallest absolute Gasteiger partial charge is 0.416 e. The van der Waals surface area contributed by atoms with Crippen LogP contribution >= 0.6 is 0 Å². The normalized spacial score (nSPS) is 11.3. The number of carbonyl (C=O) groups is 1. The lowest BCUT2D eigenvalue weighted by Crippen LogP contribution is -2.41. The van der Waals surface area contributed by atoms with Gasteiger partial charge in [-0.3, -0.25) is 4.90 Å². The van der Waals surface area contributed by atoms with Crippen LogP contribution in [0.15, 0.2) is 72.8 Å². The second-order valence-electron chi connectivity index (χ2n) is 8.50. The van der Waals surface area contributed by atoms with Crippen LogP contribution in [0.3, 0.4) is 0 Å². The molecule has 0 aliphatic heterocycles. The zero-order valence-corrected chi connectivity index (χ0v) is 20.7. The summed E-state index contributed by atoms with van der Waals surface area (Å²) in [6.07, 6.45) is 0.0394. The summed E-state index contributed by atoms with van der Waals surface area (Å²) in [5, 5.41) is 13.1. The van der Waals surface area contributed by atoms with Crippen LogP contribution in [0.4, 0.5) is 10.5 Å². The van der Waals surface area contributed by atoms with Crippen molar-refractivity contribution in [2.45, 2.75) is 45.9 Å². The van der Waals surface area contributed by atoms with Crippen molar-refractivity contribution in [2.24, 2.45) is 0 Å². The Balaban J connectivity index is 1.34. The van der Waals surface area contributed by atoms with Gasteiger partial charge in [0.05, 0.1) is 13.2 Å². The van der Waals surface area contributed by atoms with Gasteiger partial charge in [-0.1, -0.05) is 65.9 Å². The second-order valence-corrected chi connectivity index (χ2v) is 8.50. The molecule has 0 aliphatic rings. The van der Waals surface area contributed by atoms with Crippen LogP contribution in [-0.2, 0) is 11.3 Å². The summed E-state index contributed by atoms with van der Waals surface area (Å²) in [6.45, 7) is 4.52. The van der Waals surface area contributed by atoms with Crippen molar-refractivity contribution in [1.82, 2.24) is 4.57 Å². The predicted molar refractivity (Wildman–Crippen MR) is 146 cm³/mol. The maximum Gasteiger partial charge on any atom is 0.416 e. The molecule has 5 heteroatoms. The third-order valence-electron chi connectivity index (χ3n) is 6.00. The van der Waals surface area contributed by atoms with Crippen molar-refractivity contribution >= 4 is 33.6 Å². The summed E-state index contributed by atoms with van der Waals surface area (Å²) in [7, 11) is 0. The van der Waals surface area contributed by atoms with E-state index >= 15 is 0 Å². The molecule has 0 saturated heterocycles. The van der Waals surface area contributed by atoms with Crippen molar-refractivity contribution in [3.05, 3.63) is 78.4 Å². The van der Waals surface area contributed by atoms with E-state index < -0.39 is 12.3 Å². The molecular weight excluding hydrogens is 448 g/mol. The molecule has 5 nitrogen and oxygen atoms in total. The number of fused-ring (bicyclic) bond motifs is 3. The number of ether oxygens (including phenoxy) is 1. The van der Waals surface area contributed by atoms with Gasteiger partial charge in [0.15, 0.2) is 0 Å². The number of aliphatic hydroxyl groups excluding tert-OH is 1. The average Bonchev–Trinajstić information content (AvgIpc) is 3.21. The highest BCUT2D eigenvalue weighted by Crippen LogP contribution is 2.28. The molecule has 1 atom stereocenters. The monoisotopic (exact) mass is 478 g/mol. The molecule has 1 heterocycles. The summed E-state index contributed by atoms with van der Waals surface area (Å²) in [5.41, 5.74) is 4.00. The van der Waals surface area contributed by atoms with E-state index in [1.54, 1.807) is 6.92 Å². The number of benzene rings is 3. The van der Waals surface area contributed by atoms with Gasteiger partial charge in [0.1, 0.15) is 6.23 Å². The first kappa shape index (κ1) is 24.9. The summed E-state index contributed by atoms with van der Waals surface area (Å²) in [4.78, 5) is 13.7. The summed E-state index contributed by atoms with van der Waals surface area (Å²) < 4.78 is 7.36. The van der Waals surface area contributed by atoms with Crippen LogP contribution in [0.25, 0.3) is 21.8 Å². The van der Waals surface area contributed by atoms with E-state index in [1.807, 2.05) is 43.3 Å². The Morgan fingerprint density at radius 3 is 2.19 bits per heavy atom. The van der Waals surface area contributed by atoms with Gasteiger partial charge in [0.2, 0.25) is 0 Å². The van der Waals surface area contributed by atoms with E-state index in [0.29, 0.717) is 31.5 Å². The van der Waals surface area contributed by atoms with Crippen molar-refractivity contribution in [1.29, 1.82) is 0 Å². The quantitative estimate of drug-likeness (QED) is 0.194. The third-order valence-corrected chi connectivity index (χ3v) is 6.00. The molecular formula is C31H30N2O3. The zero-order valence-electron chi connectivity index (χ0n) is 20.7. The number of aryl methyl sites for hydroxylation is 1. The number of anilines is 1. The lowest BCUT2D eigenvalue weighted by atomic mass is 10.1. The number of hydrogen-bond donors (Lipinski definition) is 1. The molecule has 36 heavy (non-hydrogen) atoms. The molecule has 1 N–H and O–H groups in total. The minimum atomic E-state index is -0.991. The lowest BCUT2D eigenvalue weighted by molar-refractivity contribution is 0.119. The average molecular weight is 479 g/mol. The highest BCUT2D eigenvalue weighted by atomic mass is 16.6. The van der Waals surface area contributed by atoms with Gasteiger partial charge in [0.25, 0.3) is 0 Å². The van der Waals surface area contributed by atoms with Crippen molar-refractivity contribution < 1.29 is 14.6 Å². The number of unbranched alkanes of at least 4 members (excludes halogenated alkanes) is 1. The number of rotatable bonds is 7. The first-order valence-corrected chi connectivity index (χ1v) is 12.2. The highest BCUT2D eigenvalue weighted by Gasteiger charge is 2.24. The minimum absolute atomic E-state index is 0.243. The molecule has 0 spiro atoms. The van der Waals surface area contributed by atoms with E-state index in [0.717, 1.165) is 16.6 Å². The van der Waals surface area contributed by atoms with Gasteiger partial charge in [-0.2, -0.15) is 0 Å². The number of nitrogens with zero attached hydrogens (tertiary/aromatic N) is 2. The van der Waals surface area contributed by atoms with Crippen LogP contribution in [0, 0.1) is 30.6 Å². The third kappa shape index (κ3) is 5.71. The number of para-hydroxylation sites is 2. The van der Waals surface area contributed by atoms with Gasteiger partial charge in [-0.15, -0.1) is 0 Å². The van der Waals surface area contributed by atoms with Crippen molar-refractivity contribution in [3.8, 4) is 23.7 Å². The minimum Gasteiger partial charge on any atom is -0.449 e. The van der Waals surface area contributed by atoms with Crippen molar-refractivity contribution in [2.75, 3.05) is 11.5 Å². The molecule has 1 amide bonds. The topological polar surface area (TPSA) is 54.7 Å². The van der Waals surface area contributed by atoms with E-state index in [1.165, 1.54) is 15.7 Å². The molecule has 0 radical (unpaired) electrons. The molecule has 0 aliphatic carbocycles. The second kappa shape index (κ2) is 12.0. The fourth-order valence-electron chi connectivity index (χ4n) is 4.24. The maximum atomic E-state index is 12.4. The Morgan fingerprint density at radius 1 is 0.944 bits per heavy atom. The fourth-order valence-corrected chi connectivity index (χ4v) is 4.24. The van der Waals surface area contributed by atoms with Gasteiger partial charge in [-0.25, -0.2) is 4.79 Å². The lowest BCUT2D eigenvalue weighted by Gasteiger charge is -2.27. The summed E-state index contributed by atoms with van der Waals surface area (Å²) in [6, 6.07) is 24.1. The van der Waals surface area contributed by atoms with Crippen LogP contribution in [0.1, 0.15) is 31.7 Å². The highest BCUT2D eigenvalue weighted by molar-refractivity contribution is 6.08. The van der Waals surface area contributed by atoms with Crippen LogP contribution in [0.5, 0.6) is 0 Å². The first-order chi connectivity index (χ1) is 17.6. The Labute approximate surface area is 212 Å². The molecule has 182 valence electrons. The summed E-state index contributed by atoms with van der Waals surface area (Å²) >= 11 is 0. The number of hydrogen-bond acceptors (Lipinski definition) is 3. The van der Waals surface area contributed by atoms with Crippen molar-refractivity contribution in [3.63, 3.8) is 0 Å². The molecule has 1 aromatic heterocycles. The molecule has 4 aromatic rings. The molecule has 0 bridgehead atoms. The van der Waals surface area contributed by atoms with Crippen LogP contribution in [0.2, 0.25) is 0 Å². The molecule has 4 rings (SSSR count). The molecule has 0 fully saturated rings. The number of aromatic nitrogens is 1. The number of aliphatic hydroxyl groups is 1. The first-order valence-electron chi connectivity index (χ1n) is 12.2. The number of amides is 1. The number of carbonyl (C=O) groups excluding carboxylic acids is 1. The fraction of sp³-hybridized carbons (Fsp3) is 0.258. The molecule has 0 saturated carbocycles. The Morgan fingerprint density at radius 2 is 1.56 bits per heavy atom.